The van der Waals surface area contributed by atoms with Crippen molar-refractivity contribution in [1.82, 2.24) is 4.57 Å². The van der Waals surface area contributed by atoms with Gasteiger partial charge in [-0.2, -0.15) is 0 Å². The Morgan fingerprint density at radius 2 is 2.06 bits per heavy atom. The van der Waals surface area contributed by atoms with Crippen molar-refractivity contribution in [3.8, 4) is 0 Å². The van der Waals surface area contributed by atoms with Gasteiger partial charge in [-0.25, -0.2) is 13.6 Å². The van der Waals surface area contributed by atoms with Crippen molar-refractivity contribution in [3.63, 3.8) is 0 Å². The van der Waals surface area contributed by atoms with Gasteiger partial charge in [-0.3, -0.25) is 0 Å². The number of hydrogen-bond acceptors (Lipinski definition) is 1. The molecule has 6 heteroatoms. The summed E-state index contributed by atoms with van der Waals surface area (Å²) in [5.41, 5.74) is -0.197. The van der Waals surface area contributed by atoms with Gasteiger partial charge in [0.1, 0.15) is 17.3 Å². The van der Waals surface area contributed by atoms with Crippen LogP contribution in [0.3, 0.4) is 0 Å². The first kappa shape index (κ1) is 12.8. The molecule has 0 saturated heterocycles. The van der Waals surface area contributed by atoms with Crippen LogP contribution >= 0.6 is 15.9 Å². The zero-order chi connectivity index (χ0) is 13.3. The zero-order valence-corrected chi connectivity index (χ0v) is 10.6. The van der Waals surface area contributed by atoms with E-state index >= 15 is 0 Å². The number of carboxylic acids is 1. The minimum Gasteiger partial charge on any atom is -0.477 e. The second-order valence-corrected chi connectivity index (χ2v) is 4.50. The number of nitrogens with zero attached hydrogens (tertiary/aromatic N) is 1. The van der Waals surface area contributed by atoms with Gasteiger partial charge in [0, 0.05) is 11.8 Å². The van der Waals surface area contributed by atoms with Gasteiger partial charge in [0.15, 0.2) is 0 Å². The minimum absolute atomic E-state index is 0.0197. The number of rotatable bonds is 3. The number of aromatic carboxylic acids is 1. The van der Waals surface area contributed by atoms with Crippen LogP contribution in [-0.2, 0) is 6.54 Å². The van der Waals surface area contributed by atoms with Crippen LogP contribution in [0.25, 0.3) is 0 Å². The van der Waals surface area contributed by atoms with E-state index < -0.39 is 17.6 Å². The molecule has 0 bridgehead atoms. The number of carboxylic acid groups (broad SMARTS) is 1. The average molecular weight is 316 g/mol. The summed E-state index contributed by atoms with van der Waals surface area (Å²) in [5.74, 6) is -2.57. The predicted molar refractivity (Wildman–Crippen MR) is 64.6 cm³/mol. The highest BCUT2D eigenvalue weighted by atomic mass is 79.9. The van der Waals surface area contributed by atoms with Crippen molar-refractivity contribution in [3.05, 3.63) is 57.8 Å². The molecule has 0 aliphatic rings. The number of benzene rings is 1. The molecule has 94 valence electrons. The lowest BCUT2D eigenvalue weighted by molar-refractivity contribution is 0.0685. The van der Waals surface area contributed by atoms with Crippen LogP contribution < -0.4 is 0 Å². The number of halogens is 3. The minimum atomic E-state index is -1.14. The Labute approximate surface area is 110 Å². The lowest BCUT2D eigenvalue weighted by Gasteiger charge is -2.09. The van der Waals surface area contributed by atoms with Crippen LogP contribution in [0, 0.1) is 11.6 Å². The Bertz CT molecular complexity index is 610. The second-order valence-electron chi connectivity index (χ2n) is 3.65. The Balaban J connectivity index is 2.43. The topological polar surface area (TPSA) is 42.2 Å². The summed E-state index contributed by atoms with van der Waals surface area (Å²) in [6.07, 6.45) is 1.46. The highest BCUT2D eigenvalue weighted by Gasteiger charge is 2.15. The number of hydrogen-bond donors (Lipinski definition) is 1. The molecule has 0 unspecified atom stereocenters. The van der Waals surface area contributed by atoms with E-state index in [0.717, 1.165) is 6.07 Å². The molecule has 3 nitrogen and oxygen atoms in total. The van der Waals surface area contributed by atoms with E-state index in [1.807, 2.05) is 0 Å². The first-order valence-corrected chi connectivity index (χ1v) is 5.81. The Morgan fingerprint density at radius 3 is 2.72 bits per heavy atom. The van der Waals surface area contributed by atoms with Crippen molar-refractivity contribution >= 4 is 21.9 Å². The molecule has 0 saturated carbocycles. The maximum absolute atomic E-state index is 13.7. The van der Waals surface area contributed by atoms with Crippen LogP contribution in [0.4, 0.5) is 8.78 Å². The molecule has 0 amide bonds. The fraction of sp³-hybridized carbons (Fsp3) is 0.0833. The molecule has 0 aliphatic heterocycles. The van der Waals surface area contributed by atoms with Crippen LogP contribution in [0.15, 0.2) is 34.9 Å². The molecule has 1 aromatic heterocycles. The lowest BCUT2D eigenvalue weighted by Crippen LogP contribution is -2.11. The first-order valence-electron chi connectivity index (χ1n) is 5.01. The number of aromatic nitrogens is 1. The van der Waals surface area contributed by atoms with Crippen molar-refractivity contribution in [2.75, 3.05) is 0 Å². The van der Waals surface area contributed by atoms with Crippen LogP contribution in [0.2, 0.25) is 0 Å². The molecule has 2 rings (SSSR count). The van der Waals surface area contributed by atoms with Gasteiger partial charge in [-0.15, -0.1) is 0 Å². The summed E-state index contributed by atoms with van der Waals surface area (Å²) >= 11 is 2.96. The highest BCUT2D eigenvalue weighted by molar-refractivity contribution is 9.10. The summed E-state index contributed by atoms with van der Waals surface area (Å²) in [7, 11) is 0. The molecule has 0 aliphatic carbocycles. The van der Waals surface area contributed by atoms with E-state index in [9.17, 15) is 13.6 Å². The lowest BCUT2D eigenvalue weighted by atomic mass is 10.2. The van der Waals surface area contributed by atoms with E-state index in [2.05, 4.69) is 15.9 Å². The summed E-state index contributed by atoms with van der Waals surface area (Å²) in [4.78, 5) is 10.9. The second kappa shape index (κ2) is 4.89. The van der Waals surface area contributed by atoms with Crippen molar-refractivity contribution in [1.29, 1.82) is 0 Å². The van der Waals surface area contributed by atoms with E-state index in [4.69, 9.17) is 5.11 Å². The monoisotopic (exact) mass is 315 g/mol. The van der Waals surface area contributed by atoms with Gasteiger partial charge >= 0.3 is 5.97 Å². The SMILES string of the molecule is O=C(O)c1cccn1Cc1c(F)ccc(Br)c1F. The quantitative estimate of drug-likeness (QED) is 0.883. The molecule has 1 aromatic carbocycles. The summed E-state index contributed by atoms with van der Waals surface area (Å²) in [5, 5.41) is 8.91. The number of carbonyl (C=O) groups is 1. The third-order valence-electron chi connectivity index (χ3n) is 2.52. The molecular weight excluding hydrogens is 308 g/mol. The van der Waals surface area contributed by atoms with Gasteiger partial charge in [0.05, 0.1) is 11.0 Å². The Morgan fingerprint density at radius 1 is 1.33 bits per heavy atom. The first-order chi connectivity index (χ1) is 8.50. The fourth-order valence-corrected chi connectivity index (χ4v) is 2.00. The Hall–Kier alpha value is -1.69. The average Bonchev–Trinajstić information content (AvgIpc) is 2.78. The van der Waals surface area contributed by atoms with Crippen LogP contribution in [0.1, 0.15) is 16.1 Å². The molecule has 0 radical (unpaired) electrons. The van der Waals surface area contributed by atoms with Crippen molar-refractivity contribution in [2.45, 2.75) is 6.54 Å². The van der Waals surface area contributed by atoms with E-state index in [-0.39, 0.29) is 22.3 Å². The normalized spacial score (nSPS) is 10.6. The van der Waals surface area contributed by atoms with Crippen LogP contribution in [0.5, 0.6) is 0 Å². The highest BCUT2D eigenvalue weighted by Crippen LogP contribution is 2.23. The summed E-state index contributed by atoms with van der Waals surface area (Å²) < 4.78 is 28.7. The fourth-order valence-electron chi connectivity index (χ4n) is 1.63. The van der Waals surface area contributed by atoms with Gasteiger partial charge in [0.25, 0.3) is 0 Å². The standard InChI is InChI=1S/C12H8BrF2NO2/c13-8-3-4-9(14)7(11(8)15)6-16-5-1-2-10(16)12(17)18/h1-5H,6H2,(H,17,18). The van der Waals surface area contributed by atoms with Gasteiger partial charge in [-0.1, -0.05) is 0 Å². The van der Waals surface area contributed by atoms with Gasteiger partial charge in [-0.05, 0) is 40.2 Å². The van der Waals surface area contributed by atoms with E-state index in [1.54, 1.807) is 0 Å². The summed E-state index contributed by atoms with van der Waals surface area (Å²) in [6, 6.07) is 5.28. The molecule has 0 spiro atoms. The third-order valence-corrected chi connectivity index (χ3v) is 3.13. The molecule has 0 atom stereocenters. The van der Waals surface area contributed by atoms with E-state index in [0.29, 0.717) is 0 Å². The largest absolute Gasteiger partial charge is 0.477 e. The molecule has 2 aromatic rings. The van der Waals surface area contributed by atoms with Crippen molar-refractivity contribution < 1.29 is 18.7 Å². The molecule has 0 fully saturated rings. The Kier molecular flexibility index (Phi) is 3.47. The maximum Gasteiger partial charge on any atom is 0.352 e. The zero-order valence-electron chi connectivity index (χ0n) is 9.03. The summed E-state index contributed by atoms with van der Waals surface area (Å²) in [6.45, 7) is -0.175. The molecule has 1 N–H and O–H groups in total. The van der Waals surface area contributed by atoms with Gasteiger partial charge in [0.2, 0.25) is 0 Å². The maximum atomic E-state index is 13.7. The van der Waals surface area contributed by atoms with Crippen LogP contribution in [-0.4, -0.2) is 15.6 Å². The third kappa shape index (κ3) is 2.28. The van der Waals surface area contributed by atoms with Crippen molar-refractivity contribution in [2.24, 2.45) is 0 Å². The molecule has 18 heavy (non-hydrogen) atoms. The smallest absolute Gasteiger partial charge is 0.352 e. The molecular formula is C12H8BrF2NO2. The molecule has 1 heterocycles. The predicted octanol–water partition coefficient (Wildman–Crippen LogP) is 3.28. The van der Waals surface area contributed by atoms with E-state index in [1.165, 1.54) is 29.0 Å². The van der Waals surface area contributed by atoms with Gasteiger partial charge < -0.3 is 9.67 Å².